The predicted octanol–water partition coefficient (Wildman–Crippen LogP) is 1.77. The van der Waals surface area contributed by atoms with Crippen molar-refractivity contribution in [2.24, 2.45) is 5.73 Å². The number of benzene rings is 1. The number of hydrogen-bond donors (Lipinski definition) is 3. The largest absolute Gasteiger partial charge is 0.376 e. The molecule has 12 heavy (non-hydrogen) atoms. The Morgan fingerprint density at radius 1 is 1.58 bits per heavy atom. The zero-order chi connectivity index (χ0) is 9.14. The quantitative estimate of drug-likeness (QED) is 0.480. The fourth-order valence-corrected chi connectivity index (χ4v) is 1.04. The summed E-state index contributed by atoms with van der Waals surface area (Å²) in [6.45, 7) is 0. The summed E-state index contributed by atoms with van der Waals surface area (Å²) in [7, 11) is 0. The van der Waals surface area contributed by atoms with Gasteiger partial charge in [-0.1, -0.05) is 0 Å². The van der Waals surface area contributed by atoms with Gasteiger partial charge in [0.25, 0.3) is 0 Å². The molecule has 0 aromatic heterocycles. The van der Waals surface area contributed by atoms with E-state index < -0.39 is 5.82 Å². The van der Waals surface area contributed by atoms with Crippen molar-refractivity contribution in [3.8, 4) is 0 Å². The third-order valence-corrected chi connectivity index (χ3v) is 1.59. The van der Waals surface area contributed by atoms with Gasteiger partial charge in [0.05, 0.1) is 5.69 Å². The average molecular weight is 202 g/mol. The van der Waals surface area contributed by atoms with Crippen molar-refractivity contribution in [2.45, 2.75) is 4.90 Å². The van der Waals surface area contributed by atoms with Gasteiger partial charge in [-0.05, 0) is 30.4 Å². The molecule has 0 heterocycles. The summed E-state index contributed by atoms with van der Waals surface area (Å²) in [5, 5.41) is 2.54. The number of rotatable bonds is 1. The Morgan fingerprint density at radius 2 is 2.25 bits per heavy atom. The molecule has 0 saturated heterocycles. The minimum Gasteiger partial charge on any atom is -0.376 e. The zero-order valence-corrected chi connectivity index (χ0v) is 7.75. The van der Waals surface area contributed by atoms with Crippen LogP contribution in [0.3, 0.4) is 0 Å². The van der Waals surface area contributed by atoms with Crippen LogP contribution >= 0.6 is 24.8 Å². The maximum atomic E-state index is 13.0. The van der Waals surface area contributed by atoms with Crippen molar-refractivity contribution < 1.29 is 4.39 Å². The highest BCUT2D eigenvalue weighted by Gasteiger charge is 2.01. The van der Waals surface area contributed by atoms with Gasteiger partial charge < -0.3 is 11.1 Å². The second-order valence-corrected chi connectivity index (χ2v) is 3.11. The minimum absolute atomic E-state index is 0.0424. The van der Waals surface area contributed by atoms with Crippen LogP contribution in [0.2, 0.25) is 0 Å². The van der Waals surface area contributed by atoms with Crippen LogP contribution in [0.4, 0.5) is 10.1 Å². The Balaban J connectivity index is 2.93. The van der Waals surface area contributed by atoms with Crippen LogP contribution in [0.25, 0.3) is 0 Å². The van der Waals surface area contributed by atoms with Gasteiger partial charge in [0.2, 0.25) is 0 Å². The summed E-state index contributed by atoms with van der Waals surface area (Å²) < 4.78 is 13.0. The molecule has 3 N–H and O–H groups in total. The Kier molecular flexibility index (Phi) is 2.88. The molecule has 0 saturated carbocycles. The Morgan fingerprint density at radius 3 is 2.75 bits per heavy atom. The molecule has 0 bridgehead atoms. The number of thiocarbonyl (C=S) groups is 1. The van der Waals surface area contributed by atoms with E-state index in [9.17, 15) is 4.39 Å². The smallest absolute Gasteiger partial charge is 0.168 e. The summed E-state index contributed by atoms with van der Waals surface area (Å²) in [4.78, 5) is 0.556. The second kappa shape index (κ2) is 3.73. The van der Waals surface area contributed by atoms with Crippen molar-refractivity contribution in [1.29, 1.82) is 0 Å². The maximum Gasteiger partial charge on any atom is 0.168 e. The van der Waals surface area contributed by atoms with Crippen LogP contribution in [-0.2, 0) is 0 Å². The molecule has 64 valence electrons. The van der Waals surface area contributed by atoms with Crippen LogP contribution in [0.1, 0.15) is 0 Å². The van der Waals surface area contributed by atoms with Crippen LogP contribution in [-0.4, -0.2) is 5.11 Å². The molecule has 0 unspecified atom stereocenters. The van der Waals surface area contributed by atoms with E-state index in [1.165, 1.54) is 12.1 Å². The molecule has 0 amide bonds. The fourth-order valence-electron chi connectivity index (χ4n) is 0.738. The zero-order valence-electron chi connectivity index (χ0n) is 6.04. The first kappa shape index (κ1) is 9.28. The Labute approximate surface area is 80.4 Å². The predicted molar refractivity (Wildman–Crippen MR) is 54.1 cm³/mol. The van der Waals surface area contributed by atoms with Gasteiger partial charge in [-0.25, -0.2) is 4.39 Å². The van der Waals surface area contributed by atoms with Crippen molar-refractivity contribution in [1.82, 2.24) is 0 Å². The first-order valence-electron chi connectivity index (χ1n) is 3.14. The lowest BCUT2D eigenvalue weighted by molar-refractivity contribution is 0.629. The number of anilines is 1. The monoisotopic (exact) mass is 202 g/mol. The molecule has 2 nitrogen and oxygen atoms in total. The lowest BCUT2D eigenvalue weighted by Crippen LogP contribution is -2.19. The highest BCUT2D eigenvalue weighted by Crippen LogP contribution is 2.17. The molecule has 5 heteroatoms. The topological polar surface area (TPSA) is 38.0 Å². The number of halogens is 1. The van der Waals surface area contributed by atoms with Crippen LogP contribution < -0.4 is 11.1 Å². The number of thiol groups is 1. The molecule has 0 fully saturated rings. The summed E-state index contributed by atoms with van der Waals surface area (Å²) in [6, 6.07) is 4.45. The van der Waals surface area contributed by atoms with E-state index in [4.69, 9.17) is 5.73 Å². The van der Waals surface area contributed by atoms with Crippen LogP contribution in [0.5, 0.6) is 0 Å². The van der Waals surface area contributed by atoms with E-state index in [0.717, 1.165) is 0 Å². The first-order chi connectivity index (χ1) is 5.59. The number of hydrogen-bond acceptors (Lipinski definition) is 2. The van der Waals surface area contributed by atoms with E-state index in [1.807, 2.05) is 0 Å². The van der Waals surface area contributed by atoms with E-state index in [0.29, 0.717) is 4.90 Å². The van der Waals surface area contributed by atoms with Crippen LogP contribution in [0, 0.1) is 5.82 Å². The minimum atomic E-state index is -0.421. The second-order valence-electron chi connectivity index (χ2n) is 2.15. The molecular weight excluding hydrogens is 195 g/mol. The lowest BCUT2D eigenvalue weighted by Gasteiger charge is -2.04. The highest BCUT2D eigenvalue weighted by molar-refractivity contribution is 7.80. The standard InChI is InChI=1S/C7H7FN2S2/c8-5-3-4(11)1-2-6(5)10-7(9)12/h1-3,11H,(H3,9,10,12). The van der Waals surface area contributed by atoms with Gasteiger partial charge >= 0.3 is 0 Å². The average Bonchev–Trinajstić information content (AvgIpc) is 1.94. The molecule has 1 rings (SSSR count). The van der Waals surface area contributed by atoms with E-state index >= 15 is 0 Å². The van der Waals surface area contributed by atoms with Crippen molar-refractivity contribution in [3.05, 3.63) is 24.0 Å². The molecule has 0 atom stereocenters. The third kappa shape index (κ3) is 2.35. The lowest BCUT2D eigenvalue weighted by atomic mass is 10.3. The van der Waals surface area contributed by atoms with Crippen molar-refractivity contribution >= 4 is 35.6 Å². The SMILES string of the molecule is NC(=S)Nc1ccc(S)cc1F. The van der Waals surface area contributed by atoms with Gasteiger partial charge in [0.15, 0.2) is 5.11 Å². The van der Waals surface area contributed by atoms with Gasteiger partial charge in [-0.3, -0.25) is 0 Å². The molecule has 0 aliphatic rings. The Bertz CT molecular complexity index is 314. The van der Waals surface area contributed by atoms with Gasteiger partial charge in [-0.2, -0.15) is 0 Å². The third-order valence-electron chi connectivity index (χ3n) is 1.21. The molecule has 0 spiro atoms. The Hall–Kier alpha value is -0.810. The van der Waals surface area contributed by atoms with Crippen LogP contribution in [0.15, 0.2) is 23.1 Å². The highest BCUT2D eigenvalue weighted by atomic mass is 32.1. The molecule has 0 radical (unpaired) electrons. The van der Waals surface area contributed by atoms with Crippen molar-refractivity contribution in [2.75, 3.05) is 5.32 Å². The molecule has 0 aliphatic heterocycles. The van der Waals surface area contributed by atoms with E-state index in [-0.39, 0.29) is 10.8 Å². The molecule has 0 aliphatic carbocycles. The van der Waals surface area contributed by atoms with Gasteiger partial charge in [0, 0.05) is 4.90 Å². The normalized spacial score (nSPS) is 9.50. The first-order valence-corrected chi connectivity index (χ1v) is 4.00. The molecule has 1 aromatic carbocycles. The summed E-state index contributed by atoms with van der Waals surface area (Å²) in [5.41, 5.74) is 5.43. The van der Waals surface area contributed by atoms with Gasteiger partial charge in [-0.15, -0.1) is 12.6 Å². The summed E-state index contributed by atoms with van der Waals surface area (Å²) in [5.74, 6) is -0.421. The van der Waals surface area contributed by atoms with Gasteiger partial charge in [0.1, 0.15) is 5.82 Å². The summed E-state index contributed by atoms with van der Waals surface area (Å²) >= 11 is 8.51. The summed E-state index contributed by atoms with van der Waals surface area (Å²) in [6.07, 6.45) is 0. The van der Waals surface area contributed by atoms with Crippen molar-refractivity contribution in [3.63, 3.8) is 0 Å². The fraction of sp³-hybridized carbons (Fsp3) is 0. The maximum absolute atomic E-state index is 13.0. The molecular formula is C7H7FN2S2. The number of nitrogens with two attached hydrogens (primary N) is 1. The number of nitrogens with one attached hydrogen (secondary N) is 1. The van der Waals surface area contributed by atoms with E-state index in [1.54, 1.807) is 6.07 Å². The van der Waals surface area contributed by atoms with E-state index in [2.05, 4.69) is 30.2 Å². The molecule has 1 aromatic rings.